The van der Waals surface area contributed by atoms with E-state index >= 15 is 0 Å². The van der Waals surface area contributed by atoms with E-state index in [1.54, 1.807) is 24.3 Å². The first-order valence-corrected chi connectivity index (χ1v) is 7.48. The van der Waals surface area contributed by atoms with E-state index in [0.717, 1.165) is 0 Å². The largest absolute Gasteiger partial charge is 0.381 e. The monoisotopic (exact) mass is 368 g/mol. The Labute approximate surface area is 145 Å². The summed E-state index contributed by atoms with van der Waals surface area (Å²) in [5, 5.41) is 2.78. The van der Waals surface area contributed by atoms with Crippen molar-refractivity contribution < 1.29 is 18.3 Å². The first kappa shape index (κ1) is 20.1. The lowest BCUT2D eigenvalue weighted by Crippen LogP contribution is -2.51. The molecule has 1 saturated heterocycles. The van der Waals surface area contributed by atoms with Gasteiger partial charge in [-0.15, -0.1) is 12.4 Å². The van der Waals surface area contributed by atoms with Crippen LogP contribution >= 0.6 is 24.0 Å². The summed E-state index contributed by atoms with van der Waals surface area (Å²) in [7, 11) is 0. The van der Waals surface area contributed by atoms with Crippen molar-refractivity contribution in [1.82, 2.24) is 5.32 Å². The van der Waals surface area contributed by atoms with Gasteiger partial charge < -0.3 is 15.8 Å². The van der Waals surface area contributed by atoms with Gasteiger partial charge in [0.05, 0.1) is 18.5 Å². The number of carbonyl (C=O) groups is 1. The van der Waals surface area contributed by atoms with Gasteiger partial charge >= 0.3 is 0 Å². The molecule has 0 unspecified atom stereocenters. The maximum absolute atomic E-state index is 13.3. The molecular weight excluding hydrogens is 349 g/mol. The van der Waals surface area contributed by atoms with Gasteiger partial charge in [0.1, 0.15) is 0 Å². The Morgan fingerprint density at radius 2 is 1.96 bits per heavy atom. The second-order valence-electron chi connectivity index (χ2n) is 5.42. The third-order valence-electron chi connectivity index (χ3n) is 3.98. The Bertz CT molecular complexity index is 538. The topological polar surface area (TPSA) is 64.3 Å². The summed E-state index contributed by atoms with van der Waals surface area (Å²) in [5.41, 5.74) is 4.70. The maximum atomic E-state index is 13.3. The molecule has 0 radical (unpaired) electrons. The van der Waals surface area contributed by atoms with Crippen LogP contribution in [0.2, 0.25) is 5.02 Å². The zero-order valence-corrected chi connectivity index (χ0v) is 14.1. The Balaban J connectivity index is 0.00000264. The molecular formula is C15H20Cl2F2N2O2. The lowest BCUT2D eigenvalue weighted by atomic mass is 9.73. The third-order valence-corrected chi connectivity index (χ3v) is 4.31. The second-order valence-corrected chi connectivity index (χ2v) is 5.82. The molecule has 1 amide bonds. The summed E-state index contributed by atoms with van der Waals surface area (Å²) < 4.78 is 31.9. The minimum Gasteiger partial charge on any atom is -0.381 e. The predicted molar refractivity (Wildman–Crippen MR) is 87.4 cm³/mol. The molecule has 0 atom stereocenters. The lowest BCUT2D eigenvalue weighted by molar-refractivity contribution is -0.132. The van der Waals surface area contributed by atoms with Gasteiger partial charge in [-0.3, -0.25) is 4.79 Å². The number of alkyl halides is 2. The van der Waals surface area contributed by atoms with Crippen molar-refractivity contribution in [2.75, 3.05) is 26.3 Å². The summed E-state index contributed by atoms with van der Waals surface area (Å²) in [5.74, 6) is -3.58. The highest BCUT2D eigenvalue weighted by atomic mass is 35.5. The molecule has 1 aliphatic rings. The average molecular weight is 369 g/mol. The molecule has 1 aromatic carbocycles. The number of nitrogens with one attached hydrogen (secondary N) is 1. The van der Waals surface area contributed by atoms with Crippen LogP contribution in [0.5, 0.6) is 0 Å². The summed E-state index contributed by atoms with van der Waals surface area (Å²) in [6, 6.07) is 6.99. The Morgan fingerprint density at radius 3 is 2.52 bits per heavy atom. The fraction of sp³-hybridized carbons (Fsp3) is 0.533. The van der Waals surface area contributed by atoms with Gasteiger partial charge in [-0.05, 0) is 24.5 Å². The van der Waals surface area contributed by atoms with Crippen LogP contribution in [0.3, 0.4) is 0 Å². The summed E-state index contributed by atoms with van der Waals surface area (Å²) >= 11 is 6.22. The Morgan fingerprint density at radius 1 is 1.35 bits per heavy atom. The number of rotatable bonds is 5. The highest BCUT2D eigenvalue weighted by Gasteiger charge is 2.43. The number of halogens is 4. The molecule has 1 aliphatic heterocycles. The predicted octanol–water partition coefficient (Wildman–Crippen LogP) is 2.52. The minimum absolute atomic E-state index is 0. The van der Waals surface area contributed by atoms with Gasteiger partial charge in [0.25, 0.3) is 5.92 Å². The summed E-state index contributed by atoms with van der Waals surface area (Å²) in [6.07, 6.45) is 0.799. The van der Waals surface area contributed by atoms with Crippen molar-refractivity contribution in [2.45, 2.75) is 24.2 Å². The van der Waals surface area contributed by atoms with Crippen LogP contribution in [0.4, 0.5) is 8.78 Å². The van der Waals surface area contributed by atoms with Crippen LogP contribution < -0.4 is 11.1 Å². The molecule has 2 rings (SSSR count). The molecule has 0 aromatic heterocycles. The van der Waals surface area contributed by atoms with E-state index in [0.29, 0.717) is 36.6 Å². The minimum atomic E-state index is -3.12. The standard InChI is InChI=1S/C15H19ClF2N2O2.ClH/c16-12-4-2-1-3-11(12)14(5-7-22-8-6-14)13(21)20-10-15(17,18)9-19;/h1-4H,5-10,19H2,(H,20,21);1H. The summed E-state index contributed by atoms with van der Waals surface area (Å²) in [6.45, 7) is -0.831. The van der Waals surface area contributed by atoms with E-state index in [2.05, 4.69) is 5.32 Å². The molecule has 1 aromatic rings. The Kier molecular flexibility index (Phi) is 7.20. The molecule has 0 aliphatic carbocycles. The molecule has 23 heavy (non-hydrogen) atoms. The molecule has 4 nitrogen and oxygen atoms in total. The number of ether oxygens (including phenoxy) is 1. The van der Waals surface area contributed by atoms with Crippen molar-refractivity contribution in [1.29, 1.82) is 0 Å². The molecule has 3 N–H and O–H groups in total. The van der Waals surface area contributed by atoms with Crippen LogP contribution in [0.15, 0.2) is 24.3 Å². The number of amides is 1. The number of nitrogens with two attached hydrogens (primary N) is 1. The quantitative estimate of drug-likeness (QED) is 0.839. The van der Waals surface area contributed by atoms with Gasteiger partial charge in [-0.2, -0.15) is 0 Å². The van der Waals surface area contributed by atoms with Gasteiger partial charge in [-0.1, -0.05) is 29.8 Å². The molecule has 8 heteroatoms. The average Bonchev–Trinajstić information content (AvgIpc) is 2.54. The SMILES string of the molecule is Cl.NCC(F)(F)CNC(=O)C1(c2ccccc2Cl)CCOCC1. The number of carbonyl (C=O) groups excluding carboxylic acids is 1. The zero-order chi connectivity index (χ0) is 16.2. The maximum Gasteiger partial charge on any atom is 0.277 e. The molecule has 1 fully saturated rings. The molecule has 0 saturated carbocycles. The van der Waals surface area contributed by atoms with E-state index in [1.165, 1.54) is 0 Å². The van der Waals surface area contributed by atoms with Crippen LogP contribution in [-0.2, 0) is 14.9 Å². The highest BCUT2D eigenvalue weighted by Crippen LogP contribution is 2.39. The third kappa shape index (κ3) is 4.53. The molecule has 130 valence electrons. The summed E-state index contributed by atoms with van der Waals surface area (Å²) in [4.78, 5) is 12.6. The van der Waals surface area contributed by atoms with Gasteiger partial charge in [-0.25, -0.2) is 8.78 Å². The van der Waals surface area contributed by atoms with Crippen LogP contribution in [-0.4, -0.2) is 38.1 Å². The number of hydrogen-bond donors (Lipinski definition) is 2. The first-order chi connectivity index (χ1) is 10.4. The van der Waals surface area contributed by atoms with Crippen LogP contribution in [0, 0.1) is 0 Å². The van der Waals surface area contributed by atoms with Crippen molar-refractivity contribution >= 4 is 29.9 Å². The van der Waals surface area contributed by atoms with Crippen molar-refractivity contribution in [3.8, 4) is 0 Å². The molecule has 0 spiro atoms. The van der Waals surface area contributed by atoms with E-state index < -0.39 is 30.3 Å². The second kappa shape index (κ2) is 8.24. The van der Waals surface area contributed by atoms with Crippen molar-refractivity contribution in [3.05, 3.63) is 34.9 Å². The normalized spacial score (nSPS) is 17.2. The van der Waals surface area contributed by atoms with Crippen molar-refractivity contribution in [2.24, 2.45) is 5.73 Å². The van der Waals surface area contributed by atoms with E-state index in [4.69, 9.17) is 22.1 Å². The van der Waals surface area contributed by atoms with Crippen molar-refractivity contribution in [3.63, 3.8) is 0 Å². The van der Waals surface area contributed by atoms with Gasteiger partial charge in [0, 0.05) is 18.2 Å². The lowest BCUT2D eigenvalue weighted by Gasteiger charge is -2.37. The zero-order valence-electron chi connectivity index (χ0n) is 12.5. The van der Waals surface area contributed by atoms with Crippen LogP contribution in [0.1, 0.15) is 18.4 Å². The first-order valence-electron chi connectivity index (χ1n) is 7.10. The number of benzene rings is 1. The smallest absolute Gasteiger partial charge is 0.277 e. The van der Waals surface area contributed by atoms with E-state index in [1.807, 2.05) is 0 Å². The van der Waals surface area contributed by atoms with Crippen LogP contribution in [0.25, 0.3) is 0 Å². The van der Waals surface area contributed by atoms with E-state index in [9.17, 15) is 13.6 Å². The van der Waals surface area contributed by atoms with Gasteiger partial charge in [0.15, 0.2) is 0 Å². The molecule has 0 bridgehead atoms. The fourth-order valence-corrected chi connectivity index (χ4v) is 2.96. The Hall–Kier alpha value is -0.950. The van der Waals surface area contributed by atoms with E-state index in [-0.39, 0.29) is 12.4 Å². The fourth-order valence-electron chi connectivity index (χ4n) is 2.64. The highest BCUT2D eigenvalue weighted by molar-refractivity contribution is 6.31. The number of hydrogen-bond acceptors (Lipinski definition) is 3. The van der Waals surface area contributed by atoms with Gasteiger partial charge in [0.2, 0.25) is 5.91 Å². The molecule has 1 heterocycles.